The topological polar surface area (TPSA) is 25.2 Å². The fourth-order valence-corrected chi connectivity index (χ4v) is 5.58. The smallest absolute Gasteiger partial charge is 0.270 e. The minimum Gasteiger partial charge on any atom is -0.342 e. The van der Waals surface area contributed by atoms with Gasteiger partial charge in [-0.3, -0.25) is 9.69 Å². The predicted molar refractivity (Wildman–Crippen MR) is 144 cm³/mol. The molecule has 0 unspecified atom stereocenters. The molecule has 5 rings (SSSR count). The molecular formula is C27H20ClFN2OS2. The SMILES string of the molecule is Cc1ccc(N2C(=O)/C(=C\c3cn(Cc4c(F)cccc4Cl)c4ccccc34)SC2=S)cc1C. The van der Waals surface area contributed by atoms with Gasteiger partial charge in [-0.05, 0) is 61.4 Å². The summed E-state index contributed by atoms with van der Waals surface area (Å²) in [5.41, 5.74) is 5.25. The highest BCUT2D eigenvalue weighted by Crippen LogP contribution is 2.38. The minimum absolute atomic E-state index is 0.146. The summed E-state index contributed by atoms with van der Waals surface area (Å²) in [6.07, 6.45) is 3.79. The quantitative estimate of drug-likeness (QED) is 0.211. The van der Waals surface area contributed by atoms with E-state index >= 15 is 0 Å². The van der Waals surface area contributed by atoms with Crippen LogP contribution in [0.15, 0.2) is 71.8 Å². The maximum absolute atomic E-state index is 14.4. The third-order valence-electron chi connectivity index (χ3n) is 6.04. The van der Waals surface area contributed by atoms with Gasteiger partial charge < -0.3 is 4.57 Å². The predicted octanol–water partition coefficient (Wildman–Crippen LogP) is 7.50. The number of rotatable bonds is 4. The first-order valence-electron chi connectivity index (χ1n) is 10.7. The number of carbonyl (C=O) groups is 1. The number of halogens is 2. The largest absolute Gasteiger partial charge is 0.342 e. The van der Waals surface area contributed by atoms with Crippen LogP contribution in [-0.4, -0.2) is 14.8 Å². The summed E-state index contributed by atoms with van der Waals surface area (Å²) < 4.78 is 16.9. The molecule has 1 aliphatic rings. The lowest BCUT2D eigenvalue weighted by Crippen LogP contribution is -2.27. The Morgan fingerprint density at radius 2 is 1.85 bits per heavy atom. The van der Waals surface area contributed by atoms with Crippen molar-refractivity contribution in [2.45, 2.75) is 20.4 Å². The highest BCUT2D eigenvalue weighted by molar-refractivity contribution is 8.27. The second-order valence-electron chi connectivity index (χ2n) is 8.22. The number of anilines is 1. The van der Waals surface area contributed by atoms with Crippen LogP contribution in [0.4, 0.5) is 10.1 Å². The number of hydrogen-bond acceptors (Lipinski definition) is 3. The fourth-order valence-electron chi connectivity index (χ4n) is 4.07. The average Bonchev–Trinajstić information content (AvgIpc) is 3.29. The molecule has 0 atom stereocenters. The molecule has 4 aromatic rings. The third-order valence-corrected chi connectivity index (χ3v) is 7.69. The van der Waals surface area contributed by atoms with Gasteiger partial charge in [0, 0.05) is 33.2 Å². The molecule has 170 valence electrons. The number of aromatic nitrogens is 1. The van der Waals surface area contributed by atoms with E-state index in [9.17, 15) is 9.18 Å². The number of amides is 1. The molecule has 1 fully saturated rings. The van der Waals surface area contributed by atoms with E-state index in [0.717, 1.165) is 33.3 Å². The first-order valence-corrected chi connectivity index (χ1v) is 12.3. The summed E-state index contributed by atoms with van der Waals surface area (Å²) >= 11 is 13.1. The fraction of sp³-hybridized carbons (Fsp3) is 0.111. The molecule has 1 saturated heterocycles. The van der Waals surface area contributed by atoms with Gasteiger partial charge in [0.15, 0.2) is 4.32 Å². The molecule has 3 aromatic carbocycles. The second-order valence-corrected chi connectivity index (χ2v) is 10.3. The van der Waals surface area contributed by atoms with Gasteiger partial charge in [0.25, 0.3) is 5.91 Å². The molecule has 0 spiro atoms. The van der Waals surface area contributed by atoms with Gasteiger partial charge in [-0.2, -0.15) is 0 Å². The van der Waals surface area contributed by atoms with Gasteiger partial charge in [-0.1, -0.05) is 65.9 Å². The number of carbonyl (C=O) groups excluding carboxylic acids is 1. The molecule has 0 bridgehead atoms. The first kappa shape index (κ1) is 22.8. The molecule has 0 radical (unpaired) electrons. The van der Waals surface area contributed by atoms with Crippen molar-refractivity contribution in [1.29, 1.82) is 0 Å². The molecule has 3 nitrogen and oxygen atoms in total. The van der Waals surface area contributed by atoms with Crippen LogP contribution in [0.5, 0.6) is 0 Å². The Morgan fingerprint density at radius 1 is 1.06 bits per heavy atom. The van der Waals surface area contributed by atoms with Crippen LogP contribution in [0, 0.1) is 19.7 Å². The first-order chi connectivity index (χ1) is 16.3. The van der Waals surface area contributed by atoms with Gasteiger partial charge in [0.1, 0.15) is 5.82 Å². The third kappa shape index (κ3) is 4.06. The van der Waals surface area contributed by atoms with E-state index in [1.165, 1.54) is 17.8 Å². The lowest BCUT2D eigenvalue weighted by Gasteiger charge is -2.15. The Balaban J connectivity index is 1.54. The van der Waals surface area contributed by atoms with E-state index in [4.69, 9.17) is 23.8 Å². The molecule has 0 saturated carbocycles. The highest BCUT2D eigenvalue weighted by atomic mass is 35.5. The average molecular weight is 507 g/mol. The number of thiocarbonyl (C=S) groups is 1. The summed E-state index contributed by atoms with van der Waals surface area (Å²) in [6, 6.07) is 18.4. The maximum Gasteiger partial charge on any atom is 0.270 e. The van der Waals surface area contributed by atoms with E-state index in [1.54, 1.807) is 17.0 Å². The van der Waals surface area contributed by atoms with E-state index in [0.29, 0.717) is 19.8 Å². The van der Waals surface area contributed by atoms with Crippen molar-refractivity contribution in [3.05, 3.63) is 105 Å². The second kappa shape index (κ2) is 9.02. The summed E-state index contributed by atoms with van der Waals surface area (Å²) in [5.74, 6) is -0.492. The number of nitrogens with zero attached hydrogens (tertiary/aromatic N) is 2. The van der Waals surface area contributed by atoms with Crippen LogP contribution in [0.2, 0.25) is 5.02 Å². The van der Waals surface area contributed by atoms with E-state index in [1.807, 2.05) is 73.2 Å². The number of thioether (sulfide) groups is 1. The Morgan fingerprint density at radius 3 is 2.62 bits per heavy atom. The number of hydrogen-bond donors (Lipinski definition) is 0. The van der Waals surface area contributed by atoms with Gasteiger partial charge in [0.2, 0.25) is 0 Å². The number of fused-ring (bicyclic) bond motifs is 1. The van der Waals surface area contributed by atoms with Crippen molar-refractivity contribution in [1.82, 2.24) is 4.57 Å². The Labute approximate surface area is 211 Å². The van der Waals surface area contributed by atoms with Gasteiger partial charge in [-0.25, -0.2) is 4.39 Å². The molecule has 0 N–H and O–H groups in total. The number of aryl methyl sites for hydroxylation is 2. The zero-order chi connectivity index (χ0) is 24.0. The lowest BCUT2D eigenvalue weighted by atomic mass is 10.1. The van der Waals surface area contributed by atoms with E-state index < -0.39 is 0 Å². The summed E-state index contributed by atoms with van der Waals surface area (Å²) in [5, 5.41) is 1.35. The molecule has 0 aliphatic carbocycles. The van der Waals surface area contributed by atoms with Crippen LogP contribution in [0.3, 0.4) is 0 Å². The minimum atomic E-state index is -0.346. The summed E-state index contributed by atoms with van der Waals surface area (Å²) in [4.78, 5) is 15.4. The Kier molecular flexibility index (Phi) is 6.06. The summed E-state index contributed by atoms with van der Waals surface area (Å²) in [7, 11) is 0. The van der Waals surface area contributed by atoms with Crippen LogP contribution in [-0.2, 0) is 11.3 Å². The van der Waals surface area contributed by atoms with Crippen LogP contribution in [0.1, 0.15) is 22.3 Å². The van der Waals surface area contributed by atoms with E-state index in [2.05, 4.69) is 0 Å². The summed E-state index contributed by atoms with van der Waals surface area (Å²) in [6.45, 7) is 4.33. The van der Waals surface area contributed by atoms with Crippen molar-refractivity contribution in [3.8, 4) is 0 Å². The van der Waals surface area contributed by atoms with Crippen molar-refractivity contribution < 1.29 is 9.18 Å². The maximum atomic E-state index is 14.4. The van der Waals surface area contributed by atoms with Crippen LogP contribution in [0.25, 0.3) is 17.0 Å². The van der Waals surface area contributed by atoms with Crippen molar-refractivity contribution in [2.75, 3.05) is 4.90 Å². The van der Waals surface area contributed by atoms with Crippen molar-refractivity contribution >= 4 is 68.5 Å². The van der Waals surface area contributed by atoms with Crippen molar-refractivity contribution in [3.63, 3.8) is 0 Å². The normalized spacial score (nSPS) is 15.2. The zero-order valence-corrected chi connectivity index (χ0v) is 20.9. The molecule has 34 heavy (non-hydrogen) atoms. The van der Waals surface area contributed by atoms with Crippen LogP contribution >= 0.6 is 35.6 Å². The van der Waals surface area contributed by atoms with Crippen molar-refractivity contribution in [2.24, 2.45) is 0 Å². The Hall–Kier alpha value is -2.93. The molecule has 7 heteroatoms. The molecule has 1 aromatic heterocycles. The van der Waals surface area contributed by atoms with Gasteiger partial charge in [-0.15, -0.1) is 0 Å². The standard InChI is InChI=1S/C27H20ClFN2OS2/c1-16-10-11-19(12-17(16)2)31-26(32)25(34-27(31)33)13-18-14-30(24-9-4-3-6-20(18)24)15-21-22(28)7-5-8-23(21)29/h3-14H,15H2,1-2H3/b25-13+. The Bertz CT molecular complexity index is 1490. The van der Waals surface area contributed by atoms with E-state index in [-0.39, 0.29) is 18.3 Å². The number of para-hydroxylation sites is 1. The van der Waals surface area contributed by atoms with Gasteiger partial charge in [0.05, 0.1) is 17.1 Å². The van der Waals surface area contributed by atoms with Crippen LogP contribution < -0.4 is 4.90 Å². The monoisotopic (exact) mass is 506 g/mol. The van der Waals surface area contributed by atoms with Gasteiger partial charge >= 0.3 is 0 Å². The molecule has 1 aliphatic heterocycles. The molecule has 1 amide bonds. The molecular weight excluding hydrogens is 487 g/mol. The molecule has 2 heterocycles. The zero-order valence-electron chi connectivity index (χ0n) is 18.5. The lowest BCUT2D eigenvalue weighted by molar-refractivity contribution is -0.113. The number of benzene rings is 3. The highest BCUT2D eigenvalue weighted by Gasteiger charge is 2.33.